The Morgan fingerprint density at radius 3 is 2.71 bits per heavy atom. The number of anilines is 1. The maximum Gasteiger partial charge on any atom is 0.181 e. The van der Waals surface area contributed by atoms with E-state index >= 15 is 0 Å². The van der Waals surface area contributed by atoms with Crippen molar-refractivity contribution in [2.24, 2.45) is 0 Å². The van der Waals surface area contributed by atoms with E-state index < -0.39 is 0 Å². The molecule has 0 aliphatic heterocycles. The van der Waals surface area contributed by atoms with Gasteiger partial charge in [0.25, 0.3) is 0 Å². The molecule has 0 aliphatic rings. The van der Waals surface area contributed by atoms with Crippen molar-refractivity contribution in [2.45, 2.75) is 0 Å². The van der Waals surface area contributed by atoms with Gasteiger partial charge in [0, 0.05) is 11.3 Å². The third-order valence-corrected chi connectivity index (χ3v) is 3.94. The standard InChI is InChI=1S/C14H10N6S/c15-10-3-1-9(2-4-10)12-18-8-20(19-12)13-11-5-6-21-14(11)17-7-16-13/h1-8H,15H2. The highest BCUT2D eigenvalue weighted by molar-refractivity contribution is 7.16. The summed E-state index contributed by atoms with van der Waals surface area (Å²) >= 11 is 1.57. The van der Waals surface area contributed by atoms with Crippen molar-refractivity contribution in [3.63, 3.8) is 0 Å². The molecule has 0 aliphatic carbocycles. The molecule has 0 fully saturated rings. The maximum absolute atomic E-state index is 5.69. The molecule has 3 aromatic heterocycles. The van der Waals surface area contributed by atoms with Crippen LogP contribution >= 0.6 is 11.3 Å². The molecule has 0 amide bonds. The van der Waals surface area contributed by atoms with Crippen molar-refractivity contribution < 1.29 is 0 Å². The van der Waals surface area contributed by atoms with E-state index in [2.05, 4.69) is 20.1 Å². The van der Waals surface area contributed by atoms with E-state index in [0.717, 1.165) is 21.6 Å². The minimum atomic E-state index is 0.636. The average Bonchev–Trinajstić information content (AvgIpc) is 3.16. The van der Waals surface area contributed by atoms with E-state index in [1.807, 2.05) is 35.7 Å². The Bertz CT molecular complexity index is 909. The Kier molecular flexibility index (Phi) is 2.65. The Balaban J connectivity index is 1.81. The van der Waals surface area contributed by atoms with E-state index in [1.54, 1.807) is 28.7 Å². The first-order chi connectivity index (χ1) is 10.3. The van der Waals surface area contributed by atoms with Crippen LogP contribution < -0.4 is 5.73 Å². The van der Waals surface area contributed by atoms with Gasteiger partial charge in [-0.05, 0) is 35.7 Å². The number of aromatic nitrogens is 5. The number of nitrogen functional groups attached to an aromatic ring is 1. The lowest BCUT2D eigenvalue weighted by molar-refractivity contribution is 0.853. The molecule has 0 saturated carbocycles. The van der Waals surface area contributed by atoms with Gasteiger partial charge in [-0.15, -0.1) is 16.4 Å². The smallest absolute Gasteiger partial charge is 0.181 e. The van der Waals surface area contributed by atoms with Crippen LogP contribution in [-0.4, -0.2) is 24.7 Å². The van der Waals surface area contributed by atoms with Gasteiger partial charge in [0.15, 0.2) is 11.6 Å². The van der Waals surface area contributed by atoms with Crippen LogP contribution in [0.25, 0.3) is 27.4 Å². The SMILES string of the molecule is Nc1ccc(-c2ncn(-c3ncnc4sccc34)n2)cc1. The van der Waals surface area contributed by atoms with Crippen molar-refractivity contribution in [3.8, 4) is 17.2 Å². The van der Waals surface area contributed by atoms with Crippen LogP contribution in [0.3, 0.4) is 0 Å². The van der Waals surface area contributed by atoms with Gasteiger partial charge in [-0.25, -0.2) is 19.6 Å². The fourth-order valence-electron chi connectivity index (χ4n) is 2.09. The van der Waals surface area contributed by atoms with Crippen LogP contribution in [0.5, 0.6) is 0 Å². The van der Waals surface area contributed by atoms with Gasteiger partial charge in [0.2, 0.25) is 0 Å². The lowest BCUT2D eigenvalue weighted by Crippen LogP contribution is -1.99. The molecule has 0 radical (unpaired) electrons. The van der Waals surface area contributed by atoms with Crippen LogP contribution in [0.15, 0.2) is 48.4 Å². The van der Waals surface area contributed by atoms with Crippen molar-refractivity contribution >= 4 is 27.2 Å². The number of nitrogens with two attached hydrogens (primary N) is 1. The number of fused-ring (bicyclic) bond motifs is 1. The zero-order valence-corrected chi connectivity index (χ0v) is 11.7. The third kappa shape index (κ3) is 2.03. The fraction of sp³-hybridized carbons (Fsp3) is 0. The summed E-state index contributed by atoms with van der Waals surface area (Å²) < 4.78 is 1.67. The minimum Gasteiger partial charge on any atom is -0.399 e. The third-order valence-electron chi connectivity index (χ3n) is 3.12. The summed E-state index contributed by atoms with van der Waals surface area (Å²) in [5, 5.41) is 7.44. The number of hydrogen-bond donors (Lipinski definition) is 1. The topological polar surface area (TPSA) is 82.5 Å². The largest absolute Gasteiger partial charge is 0.399 e. The molecule has 0 unspecified atom stereocenters. The first-order valence-corrected chi connectivity index (χ1v) is 7.15. The highest BCUT2D eigenvalue weighted by Gasteiger charge is 2.10. The predicted molar refractivity (Wildman–Crippen MR) is 82.2 cm³/mol. The number of benzene rings is 1. The summed E-state index contributed by atoms with van der Waals surface area (Å²) in [5.74, 6) is 1.37. The maximum atomic E-state index is 5.69. The molecule has 6 nitrogen and oxygen atoms in total. The molecule has 21 heavy (non-hydrogen) atoms. The molecule has 2 N–H and O–H groups in total. The summed E-state index contributed by atoms with van der Waals surface area (Å²) in [4.78, 5) is 13.8. The van der Waals surface area contributed by atoms with Gasteiger partial charge >= 0.3 is 0 Å². The molecule has 0 atom stereocenters. The molecule has 7 heteroatoms. The highest BCUT2D eigenvalue weighted by Crippen LogP contribution is 2.23. The molecule has 0 spiro atoms. The van der Waals surface area contributed by atoms with Crippen LogP contribution in [0.4, 0.5) is 5.69 Å². The first kappa shape index (κ1) is 12.0. The Morgan fingerprint density at radius 1 is 1.00 bits per heavy atom. The van der Waals surface area contributed by atoms with Gasteiger partial charge in [0.05, 0.1) is 5.39 Å². The summed E-state index contributed by atoms with van der Waals surface area (Å²) in [5.41, 5.74) is 7.32. The lowest BCUT2D eigenvalue weighted by Gasteiger charge is -2.00. The number of hydrogen-bond acceptors (Lipinski definition) is 6. The molecule has 0 bridgehead atoms. The number of nitrogens with zero attached hydrogens (tertiary/aromatic N) is 5. The van der Waals surface area contributed by atoms with Crippen molar-refractivity contribution in [1.82, 2.24) is 24.7 Å². The van der Waals surface area contributed by atoms with E-state index in [4.69, 9.17) is 5.73 Å². The first-order valence-electron chi connectivity index (χ1n) is 6.27. The van der Waals surface area contributed by atoms with Crippen molar-refractivity contribution in [1.29, 1.82) is 0 Å². The second-order valence-corrected chi connectivity index (χ2v) is 5.37. The monoisotopic (exact) mass is 294 g/mol. The van der Waals surface area contributed by atoms with Crippen LogP contribution in [-0.2, 0) is 0 Å². The van der Waals surface area contributed by atoms with Crippen LogP contribution in [0, 0.1) is 0 Å². The Hall–Kier alpha value is -2.80. The Labute approximate surface area is 123 Å². The quantitative estimate of drug-likeness (QED) is 0.574. The zero-order chi connectivity index (χ0) is 14.2. The summed E-state index contributed by atoms with van der Waals surface area (Å²) in [6, 6.07) is 9.44. The molecule has 4 rings (SSSR count). The van der Waals surface area contributed by atoms with E-state index in [9.17, 15) is 0 Å². The molecule has 1 aromatic carbocycles. The van der Waals surface area contributed by atoms with E-state index in [1.165, 1.54) is 0 Å². The van der Waals surface area contributed by atoms with Crippen molar-refractivity contribution in [3.05, 3.63) is 48.4 Å². The van der Waals surface area contributed by atoms with E-state index in [0.29, 0.717) is 11.5 Å². The average molecular weight is 294 g/mol. The van der Waals surface area contributed by atoms with Gasteiger partial charge in [-0.2, -0.15) is 0 Å². The molecular formula is C14H10N6S. The fourth-order valence-corrected chi connectivity index (χ4v) is 2.82. The molecular weight excluding hydrogens is 284 g/mol. The second kappa shape index (κ2) is 4.64. The summed E-state index contributed by atoms with van der Waals surface area (Å²) in [7, 11) is 0. The van der Waals surface area contributed by atoms with Gasteiger partial charge in [-0.1, -0.05) is 0 Å². The van der Waals surface area contributed by atoms with Gasteiger partial charge in [0.1, 0.15) is 17.5 Å². The molecule has 3 heterocycles. The second-order valence-electron chi connectivity index (χ2n) is 4.47. The Morgan fingerprint density at radius 2 is 1.86 bits per heavy atom. The number of rotatable bonds is 2. The predicted octanol–water partition coefficient (Wildman–Crippen LogP) is 2.52. The lowest BCUT2D eigenvalue weighted by atomic mass is 10.2. The van der Waals surface area contributed by atoms with Gasteiger partial charge < -0.3 is 5.73 Å². The molecule has 102 valence electrons. The van der Waals surface area contributed by atoms with Crippen LogP contribution in [0.1, 0.15) is 0 Å². The zero-order valence-electron chi connectivity index (χ0n) is 10.8. The summed E-state index contributed by atoms with van der Waals surface area (Å²) in [6.07, 6.45) is 3.20. The van der Waals surface area contributed by atoms with Crippen LogP contribution in [0.2, 0.25) is 0 Å². The van der Waals surface area contributed by atoms with Gasteiger partial charge in [-0.3, -0.25) is 0 Å². The van der Waals surface area contributed by atoms with Crippen molar-refractivity contribution in [2.75, 3.05) is 5.73 Å². The van der Waals surface area contributed by atoms with E-state index in [-0.39, 0.29) is 0 Å². The number of thiophene rings is 1. The molecule has 0 saturated heterocycles. The summed E-state index contributed by atoms with van der Waals surface area (Å²) in [6.45, 7) is 0. The molecule has 4 aromatic rings. The minimum absolute atomic E-state index is 0.636. The normalized spacial score (nSPS) is 11.0. The highest BCUT2D eigenvalue weighted by atomic mass is 32.1.